The van der Waals surface area contributed by atoms with E-state index in [0.717, 1.165) is 0 Å². The van der Waals surface area contributed by atoms with Gasteiger partial charge in [0.2, 0.25) is 0 Å². The van der Waals surface area contributed by atoms with Gasteiger partial charge in [-0.2, -0.15) is 0 Å². The van der Waals surface area contributed by atoms with Crippen LogP contribution in [0.5, 0.6) is 0 Å². The third-order valence-corrected chi connectivity index (χ3v) is 2.04. The molecule has 0 aliphatic heterocycles. The molecular formula is C12H16O. The van der Waals surface area contributed by atoms with Crippen molar-refractivity contribution in [2.24, 2.45) is 5.92 Å². The summed E-state index contributed by atoms with van der Waals surface area (Å²) < 4.78 is 0. The van der Waals surface area contributed by atoms with Crippen molar-refractivity contribution in [3.8, 4) is 0 Å². The van der Waals surface area contributed by atoms with Crippen molar-refractivity contribution in [2.45, 2.75) is 13.8 Å². The molecule has 1 nitrogen and oxygen atoms in total. The summed E-state index contributed by atoms with van der Waals surface area (Å²) >= 11 is 0. The highest BCUT2D eigenvalue weighted by molar-refractivity contribution is 5.66. The van der Waals surface area contributed by atoms with Gasteiger partial charge in [0, 0.05) is 0 Å². The topological polar surface area (TPSA) is 20.2 Å². The van der Waals surface area contributed by atoms with Gasteiger partial charge >= 0.3 is 0 Å². The zero-order valence-electron chi connectivity index (χ0n) is 8.20. The molecule has 0 heterocycles. The zero-order valence-corrected chi connectivity index (χ0v) is 8.20. The number of allylic oxidation sites excluding steroid dienone is 1. The molecule has 0 saturated carbocycles. The molecule has 1 heteroatoms. The van der Waals surface area contributed by atoms with Crippen molar-refractivity contribution in [3.05, 3.63) is 42.0 Å². The molecule has 0 aromatic heterocycles. The molecular weight excluding hydrogens is 160 g/mol. The van der Waals surface area contributed by atoms with E-state index in [1.807, 2.05) is 24.3 Å². The van der Waals surface area contributed by atoms with Crippen LogP contribution >= 0.6 is 0 Å². The Kier molecular flexibility index (Phi) is 3.71. The fourth-order valence-corrected chi connectivity index (χ4v) is 1.42. The van der Waals surface area contributed by atoms with Crippen molar-refractivity contribution in [1.82, 2.24) is 0 Å². The van der Waals surface area contributed by atoms with Gasteiger partial charge in [0.25, 0.3) is 0 Å². The van der Waals surface area contributed by atoms with Gasteiger partial charge in [-0.3, -0.25) is 0 Å². The molecule has 0 aliphatic rings. The summed E-state index contributed by atoms with van der Waals surface area (Å²) in [6, 6.07) is 10.2. The van der Waals surface area contributed by atoms with Crippen LogP contribution in [-0.4, -0.2) is 11.7 Å². The molecule has 0 aliphatic carbocycles. The number of rotatable bonds is 3. The lowest BCUT2D eigenvalue weighted by Crippen LogP contribution is -1.94. The molecule has 0 radical (unpaired) electrons. The highest BCUT2D eigenvalue weighted by atomic mass is 16.2. The number of aliphatic hydroxyl groups is 1. The minimum atomic E-state index is 0.113. The molecule has 70 valence electrons. The van der Waals surface area contributed by atoms with Crippen LogP contribution in [0.3, 0.4) is 0 Å². The van der Waals surface area contributed by atoms with Crippen molar-refractivity contribution in [2.75, 3.05) is 6.61 Å². The van der Waals surface area contributed by atoms with Crippen LogP contribution in [0.1, 0.15) is 19.4 Å². The Bertz CT molecular complexity index is 272. The first-order valence-corrected chi connectivity index (χ1v) is 4.62. The van der Waals surface area contributed by atoms with Crippen LogP contribution in [0.4, 0.5) is 0 Å². The average Bonchev–Trinajstić information content (AvgIpc) is 2.15. The van der Waals surface area contributed by atoms with Crippen LogP contribution in [0.15, 0.2) is 36.4 Å². The summed E-state index contributed by atoms with van der Waals surface area (Å²) in [5.41, 5.74) is 2.41. The summed E-state index contributed by atoms with van der Waals surface area (Å²) in [7, 11) is 0. The van der Waals surface area contributed by atoms with Crippen molar-refractivity contribution in [3.63, 3.8) is 0 Å². The first-order valence-electron chi connectivity index (χ1n) is 4.62. The third kappa shape index (κ3) is 2.71. The summed E-state index contributed by atoms with van der Waals surface area (Å²) in [4.78, 5) is 0. The van der Waals surface area contributed by atoms with E-state index in [2.05, 4.69) is 26.0 Å². The lowest BCUT2D eigenvalue weighted by Gasteiger charge is -2.10. The van der Waals surface area contributed by atoms with E-state index in [4.69, 9.17) is 5.11 Å². The standard InChI is InChI=1S/C12H16O/c1-10(2)12(8-9-13)11-6-4-3-5-7-11/h3-8,10,13H,9H2,1-2H3. The Labute approximate surface area is 79.7 Å². The predicted molar refractivity (Wildman–Crippen MR) is 56.3 cm³/mol. The van der Waals surface area contributed by atoms with Gasteiger partial charge in [0.05, 0.1) is 6.61 Å². The molecule has 1 aromatic rings. The quantitative estimate of drug-likeness (QED) is 0.750. The SMILES string of the molecule is CC(C)C(=CCO)c1ccccc1. The highest BCUT2D eigenvalue weighted by Gasteiger charge is 2.04. The van der Waals surface area contributed by atoms with Gasteiger partial charge in [0.15, 0.2) is 0 Å². The maximum absolute atomic E-state index is 8.87. The number of aliphatic hydroxyl groups excluding tert-OH is 1. The smallest absolute Gasteiger partial charge is 0.0618 e. The molecule has 0 fully saturated rings. The van der Waals surface area contributed by atoms with Gasteiger partial charge in [0.1, 0.15) is 0 Å². The van der Waals surface area contributed by atoms with E-state index in [-0.39, 0.29) is 6.61 Å². The highest BCUT2D eigenvalue weighted by Crippen LogP contribution is 2.21. The fraction of sp³-hybridized carbons (Fsp3) is 0.333. The minimum absolute atomic E-state index is 0.113. The van der Waals surface area contributed by atoms with Crippen LogP contribution in [0.25, 0.3) is 5.57 Å². The lowest BCUT2D eigenvalue weighted by atomic mass is 9.95. The maximum Gasteiger partial charge on any atom is 0.0618 e. The Morgan fingerprint density at radius 1 is 1.31 bits per heavy atom. The number of hydrogen-bond donors (Lipinski definition) is 1. The van der Waals surface area contributed by atoms with Crippen molar-refractivity contribution in [1.29, 1.82) is 0 Å². The minimum Gasteiger partial charge on any atom is -0.392 e. The van der Waals surface area contributed by atoms with E-state index >= 15 is 0 Å². The summed E-state index contributed by atoms with van der Waals surface area (Å²) in [5.74, 6) is 0.453. The van der Waals surface area contributed by atoms with E-state index in [9.17, 15) is 0 Å². The number of benzene rings is 1. The lowest BCUT2D eigenvalue weighted by molar-refractivity contribution is 0.342. The Hall–Kier alpha value is -1.08. The Morgan fingerprint density at radius 3 is 2.38 bits per heavy atom. The first kappa shape index (κ1) is 10.0. The van der Waals surface area contributed by atoms with Crippen molar-refractivity contribution < 1.29 is 5.11 Å². The van der Waals surface area contributed by atoms with E-state index in [0.29, 0.717) is 5.92 Å². The molecule has 0 spiro atoms. The third-order valence-electron chi connectivity index (χ3n) is 2.04. The monoisotopic (exact) mass is 176 g/mol. The van der Waals surface area contributed by atoms with Gasteiger partial charge in [-0.05, 0) is 17.1 Å². The van der Waals surface area contributed by atoms with Crippen LogP contribution in [0, 0.1) is 5.92 Å². The van der Waals surface area contributed by atoms with E-state index in [1.165, 1.54) is 11.1 Å². The second-order valence-corrected chi connectivity index (χ2v) is 3.36. The second kappa shape index (κ2) is 4.83. The molecule has 13 heavy (non-hydrogen) atoms. The molecule has 0 bridgehead atoms. The van der Waals surface area contributed by atoms with Crippen molar-refractivity contribution >= 4 is 5.57 Å². The summed E-state index contributed by atoms with van der Waals surface area (Å²) in [5, 5.41) is 8.87. The predicted octanol–water partition coefficient (Wildman–Crippen LogP) is 2.72. The second-order valence-electron chi connectivity index (χ2n) is 3.36. The largest absolute Gasteiger partial charge is 0.392 e. The Balaban J connectivity index is 2.96. The maximum atomic E-state index is 8.87. The zero-order chi connectivity index (χ0) is 9.68. The average molecular weight is 176 g/mol. The molecule has 1 N–H and O–H groups in total. The normalized spacial score (nSPS) is 12.2. The first-order chi connectivity index (χ1) is 6.25. The molecule has 1 aromatic carbocycles. The van der Waals surface area contributed by atoms with E-state index in [1.54, 1.807) is 0 Å². The molecule has 0 atom stereocenters. The molecule has 0 amide bonds. The molecule has 0 unspecified atom stereocenters. The fourth-order valence-electron chi connectivity index (χ4n) is 1.42. The molecule has 0 saturated heterocycles. The number of hydrogen-bond acceptors (Lipinski definition) is 1. The summed E-state index contributed by atoms with van der Waals surface area (Å²) in [6.45, 7) is 4.38. The van der Waals surface area contributed by atoms with Gasteiger partial charge in [-0.1, -0.05) is 50.3 Å². The van der Waals surface area contributed by atoms with Crippen LogP contribution in [0.2, 0.25) is 0 Å². The molecule has 1 rings (SSSR count). The van der Waals surface area contributed by atoms with Crippen LogP contribution < -0.4 is 0 Å². The van der Waals surface area contributed by atoms with Gasteiger partial charge in [-0.15, -0.1) is 0 Å². The summed E-state index contributed by atoms with van der Waals surface area (Å²) in [6.07, 6.45) is 1.88. The Morgan fingerprint density at radius 2 is 1.92 bits per heavy atom. The van der Waals surface area contributed by atoms with Gasteiger partial charge in [-0.25, -0.2) is 0 Å². The van der Waals surface area contributed by atoms with E-state index < -0.39 is 0 Å². The van der Waals surface area contributed by atoms with Crippen LogP contribution in [-0.2, 0) is 0 Å². The van der Waals surface area contributed by atoms with Gasteiger partial charge < -0.3 is 5.11 Å².